The summed E-state index contributed by atoms with van der Waals surface area (Å²) in [6.45, 7) is 4.29. The Balaban J connectivity index is 3.38. The second-order valence-corrected chi connectivity index (χ2v) is 20.3. The third kappa shape index (κ3) is 48.8. The van der Waals surface area contributed by atoms with Gasteiger partial charge in [-0.05, 0) is 12.8 Å². The predicted octanol–water partition coefficient (Wildman–Crippen LogP) is 17.7. The molecule has 0 aliphatic rings. The first-order chi connectivity index (χ1) is 30.5. The monoisotopic (exact) mass is 878 g/mol. The van der Waals surface area contributed by atoms with Crippen LogP contribution in [0.2, 0.25) is 0 Å². The van der Waals surface area contributed by atoms with Crippen molar-refractivity contribution in [1.82, 2.24) is 5.32 Å². The number of carbonyl (C=O) groups is 1. The van der Waals surface area contributed by atoms with Gasteiger partial charge in [0.2, 0.25) is 5.91 Å². The molecule has 0 saturated carbocycles. The van der Waals surface area contributed by atoms with E-state index >= 15 is 0 Å². The van der Waals surface area contributed by atoms with Gasteiger partial charge in [0.25, 0.3) is 0 Å². The zero-order chi connectivity index (χ0) is 45.1. The van der Waals surface area contributed by atoms with Crippen LogP contribution in [0.25, 0.3) is 0 Å². The molecule has 0 aromatic heterocycles. The van der Waals surface area contributed by atoms with Gasteiger partial charge in [-0.1, -0.05) is 316 Å². The predicted molar refractivity (Wildman–Crippen MR) is 273 cm³/mol. The fourth-order valence-electron chi connectivity index (χ4n) is 9.53. The lowest BCUT2D eigenvalue weighted by molar-refractivity contribution is -0.125. The van der Waals surface area contributed by atoms with Crippen molar-refractivity contribution in [3.63, 3.8) is 0 Å². The Bertz CT molecular complexity index is 838. The molecule has 0 rings (SSSR count). The van der Waals surface area contributed by atoms with Gasteiger partial charge in [0.15, 0.2) is 0 Å². The third-order valence-corrected chi connectivity index (χ3v) is 13.9. The highest BCUT2D eigenvalue weighted by Crippen LogP contribution is 2.19. The van der Waals surface area contributed by atoms with Crippen LogP contribution in [0.1, 0.15) is 335 Å². The molecule has 0 aliphatic heterocycles. The Morgan fingerprint density at radius 3 is 0.774 bits per heavy atom. The smallest absolute Gasteiger partial charge is 0.222 e. The first-order valence-electron chi connectivity index (χ1n) is 28.8. The maximum Gasteiger partial charge on any atom is 0.222 e. The van der Waals surface area contributed by atoms with Crippen molar-refractivity contribution in [3.05, 3.63) is 0 Å². The van der Waals surface area contributed by atoms with Gasteiger partial charge in [0.1, 0.15) is 0 Å². The Labute approximate surface area is 389 Å². The van der Waals surface area contributed by atoms with Gasteiger partial charge in [-0.2, -0.15) is 0 Å². The van der Waals surface area contributed by atoms with Crippen LogP contribution >= 0.6 is 0 Å². The van der Waals surface area contributed by atoms with Crippen LogP contribution in [-0.4, -0.2) is 46.1 Å². The van der Waals surface area contributed by atoms with Crippen molar-refractivity contribution in [2.24, 2.45) is 0 Å². The van der Waals surface area contributed by atoms with E-state index in [1.54, 1.807) is 0 Å². The van der Waals surface area contributed by atoms with E-state index in [0.717, 1.165) is 25.7 Å². The Kier molecular flexibility index (Phi) is 52.4. The van der Waals surface area contributed by atoms with Crippen LogP contribution in [0.4, 0.5) is 0 Å². The molecule has 4 N–H and O–H groups in total. The van der Waals surface area contributed by atoms with E-state index in [4.69, 9.17) is 0 Å². The molecule has 0 aromatic rings. The average molecular weight is 879 g/mol. The van der Waals surface area contributed by atoms with Gasteiger partial charge in [0, 0.05) is 0 Å². The molecule has 0 saturated heterocycles. The average Bonchev–Trinajstić information content (AvgIpc) is 3.27. The Hall–Kier alpha value is -0.650. The molecular weight excluding hydrogens is 763 g/mol. The van der Waals surface area contributed by atoms with Crippen molar-refractivity contribution in [2.45, 2.75) is 353 Å². The second kappa shape index (κ2) is 53.0. The molecule has 3 atom stereocenters. The van der Waals surface area contributed by atoms with Crippen LogP contribution < -0.4 is 5.32 Å². The lowest BCUT2D eigenvalue weighted by Gasteiger charge is -2.23. The summed E-state index contributed by atoms with van der Waals surface area (Å²) in [6, 6.07) is -0.653. The van der Waals surface area contributed by atoms with Crippen molar-refractivity contribution in [3.8, 4) is 0 Å². The van der Waals surface area contributed by atoms with Gasteiger partial charge in [-0.25, -0.2) is 0 Å². The summed E-state index contributed by atoms with van der Waals surface area (Å²) in [6.07, 6.45) is 64.3. The van der Waals surface area contributed by atoms with Crippen LogP contribution in [0.5, 0.6) is 0 Å². The lowest BCUT2D eigenvalue weighted by Crippen LogP contribution is -2.46. The first-order valence-corrected chi connectivity index (χ1v) is 28.8. The summed E-state index contributed by atoms with van der Waals surface area (Å²) in [5.41, 5.74) is 0. The molecule has 0 aromatic carbocycles. The summed E-state index contributed by atoms with van der Waals surface area (Å²) in [5, 5.41) is 33.5. The topological polar surface area (TPSA) is 89.8 Å². The number of unbranched alkanes of at least 4 members (excludes halogenated alkanes) is 45. The minimum absolute atomic E-state index is 0.0431. The zero-order valence-electron chi connectivity index (χ0n) is 42.5. The standard InChI is InChI=1S/C57H115NO4/c1-3-5-7-9-11-13-15-17-18-19-20-21-22-23-24-25-26-27-28-29-30-31-32-33-34-35-36-37-38-39-40-42-44-46-48-50-54(60)52-57(62)58-55(53-59)56(61)51-49-47-45-43-41-16-14-12-10-8-6-4-2/h54-56,59-61H,3-53H2,1-2H3,(H,58,62). The molecule has 0 spiro atoms. The molecule has 5 heteroatoms. The molecule has 0 aliphatic carbocycles. The lowest BCUT2D eigenvalue weighted by atomic mass is 10.0. The Morgan fingerprint density at radius 1 is 0.339 bits per heavy atom. The molecule has 372 valence electrons. The molecule has 0 heterocycles. The van der Waals surface area contributed by atoms with Crippen LogP contribution in [-0.2, 0) is 4.79 Å². The minimum Gasteiger partial charge on any atom is -0.394 e. The number of hydrogen-bond donors (Lipinski definition) is 4. The van der Waals surface area contributed by atoms with E-state index in [-0.39, 0.29) is 18.9 Å². The number of nitrogens with one attached hydrogen (secondary N) is 1. The molecule has 3 unspecified atom stereocenters. The molecule has 1 amide bonds. The van der Waals surface area contributed by atoms with Crippen molar-refractivity contribution in [1.29, 1.82) is 0 Å². The molecule has 0 bridgehead atoms. The van der Waals surface area contributed by atoms with Crippen LogP contribution in [0, 0.1) is 0 Å². The summed E-state index contributed by atoms with van der Waals surface area (Å²) < 4.78 is 0. The van der Waals surface area contributed by atoms with E-state index in [0.29, 0.717) is 12.8 Å². The number of aliphatic hydroxyl groups is 3. The van der Waals surface area contributed by atoms with Gasteiger partial charge >= 0.3 is 0 Å². The number of amides is 1. The minimum atomic E-state index is -0.744. The van der Waals surface area contributed by atoms with Crippen LogP contribution in [0.15, 0.2) is 0 Å². The fraction of sp³-hybridized carbons (Fsp3) is 0.982. The van der Waals surface area contributed by atoms with Crippen molar-refractivity contribution < 1.29 is 20.1 Å². The Morgan fingerprint density at radius 2 is 0.548 bits per heavy atom. The number of carbonyl (C=O) groups excluding carboxylic acids is 1. The molecule has 0 radical (unpaired) electrons. The van der Waals surface area contributed by atoms with Gasteiger partial charge < -0.3 is 20.6 Å². The summed E-state index contributed by atoms with van der Waals surface area (Å²) in [5.74, 6) is -0.276. The molecule has 0 fully saturated rings. The summed E-state index contributed by atoms with van der Waals surface area (Å²) >= 11 is 0. The number of hydrogen-bond acceptors (Lipinski definition) is 4. The normalized spacial score (nSPS) is 13.2. The molecule has 5 nitrogen and oxygen atoms in total. The highest BCUT2D eigenvalue weighted by atomic mass is 16.3. The fourth-order valence-corrected chi connectivity index (χ4v) is 9.53. The van der Waals surface area contributed by atoms with E-state index in [1.807, 2.05) is 0 Å². The molecule has 62 heavy (non-hydrogen) atoms. The van der Waals surface area contributed by atoms with Gasteiger partial charge in [-0.15, -0.1) is 0 Å². The SMILES string of the molecule is CCCCCCCCCCCCCCCCCCCCCCCCCCCCCCCCCCCCCC(O)CC(=O)NC(CO)C(O)CCCCCCCCCCCCCC. The van der Waals surface area contributed by atoms with Crippen molar-refractivity contribution >= 4 is 5.91 Å². The second-order valence-electron chi connectivity index (χ2n) is 20.3. The van der Waals surface area contributed by atoms with E-state index in [2.05, 4.69) is 19.2 Å². The van der Waals surface area contributed by atoms with E-state index < -0.39 is 18.2 Å². The quantitative estimate of drug-likeness (QED) is 0.0458. The number of aliphatic hydroxyl groups excluding tert-OH is 3. The zero-order valence-corrected chi connectivity index (χ0v) is 42.5. The summed E-state index contributed by atoms with van der Waals surface area (Å²) in [4.78, 5) is 12.5. The van der Waals surface area contributed by atoms with Crippen LogP contribution in [0.3, 0.4) is 0 Å². The van der Waals surface area contributed by atoms with Gasteiger partial charge in [-0.3, -0.25) is 4.79 Å². The number of rotatable bonds is 54. The molecular formula is C57H115NO4. The van der Waals surface area contributed by atoms with Crippen molar-refractivity contribution in [2.75, 3.05) is 6.61 Å². The maximum atomic E-state index is 12.5. The van der Waals surface area contributed by atoms with E-state index in [1.165, 1.54) is 276 Å². The third-order valence-electron chi connectivity index (χ3n) is 13.9. The van der Waals surface area contributed by atoms with Gasteiger partial charge in [0.05, 0.1) is 31.3 Å². The van der Waals surface area contributed by atoms with E-state index in [9.17, 15) is 20.1 Å². The highest BCUT2D eigenvalue weighted by molar-refractivity contribution is 5.76. The maximum absolute atomic E-state index is 12.5. The largest absolute Gasteiger partial charge is 0.394 e. The first kappa shape index (κ1) is 61.4. The summed E-state index contributed by atoms with van der Waals surface area (Å²) in [7, 11) is 0. The highest BCUT2D eigenvalue weighted by Gasteiger charge is 2.21.